The van der Waals surface area contributed by atoms with E-state index in [1.54, 1.807) is 0 Å². The molecule has 1 atom stereocenters. The maximum absolute atomic E-state index is 6.40. The summed E-state index contributed by atoms with van der Waals surface area (Å²) in [4.78, 5) is 4.12. The first kappa shape index (κ1) is 10.4. The van der Waals surface area contributed by atoms with Gasteiger partial charge in [0.15, 0.2) is 0 Å². The smallest absolute Gasteiger partial charge is 0.0614 e. The van der Waals surface area contributed by atoms with Crippen LogP contribution in [0.25, 0.3) is 10.8 Å². The molecule has 0 radical (unpaired) electrons. The van der Waals surface area contributed by atoms with Gasteiger partial charge in [0.2, 0.25) is 0 Å². The zero-order valence-corrected chi connectivity index (χ0v) is 9.70. The number of fused-ring (bicyclic) bond motifs is 1. The maximum atomic E-state index is 6.40. The zero-order chi connectivity index (χ0) is 10.8. The van der Waals surface area contributed by atoms with Gasteiger partial charge in [-0.15, -0.1) is 11.6 Å². The molecular weight excluding hydrogens is 206 g/mol. The molecule has 1 aromatic heterocycles. The number of nitrogens with zero attached hydrogens (tertiary/aromatic N) is 1. The molecule has 0 amide bonds. The van der Waals surface area contributed by atoms with Gasteiger partial charge in [-0.3, -0.25) is 4.98 Å². The lowest BCUT2D eigenvalue weighted by Gasteiger charge is -2.15. The van der Waals surface area contributed by atoms with E-state index >= 15 is 0 Å². The van der Waals surface area contributed by atoms with Crippen LogP contribution in [0.3, 0.4) is 0 Å². The lowest BCUT2D eigenvalue weighted by Crippen LogP contribution is -1.99. The molecule has 1 aromatic carbocycles. The van der Waals surface area contributed by atoms with E-state index in [0.29, 0.717) is 5.92 Å². The molecular formula is C13H14ClN. The molecule has 78 valence electrons. The lowest BCUT2D eigenvalue weighted by atomic mass is 9.97. The largest absolute Gasteiger partial charge is 0.264 e. The van der Waals surface area contributed by atoms with E-state index in [1.807, 2.05) is 24.5 Å². The van der Waals surface area contributed by atoms with Crippen LogP contribution in [0, 0.1) is 5.92 Å². The molecule has 1 heterocycles. The van der Waals surface area contributed by atoms with Gasteiger partial charge >= 0.3 is 0 Å². The number of alkyl halides is 1. The third-order valence-corrected chi connectivity index (χ3v) is 3.34. The second-order valence-corrected chi connectivity index (χ2v) is 4.56. The van der Waals surface area contributed by atoms with Crippen LogP contribution in [0.5, 0.6) is 0 Å². The maximum Gasteiger partial charge on any atom is 0.0614 e. The molecule has 2 rings (SSSR count). The van der Waals surface area contributed by atoms with Gasteiger partial charge in [0, 0.05) is 17.8 Å². The second-order valence-electron chi connectivity index (χ2n) is 4.09. The van der Waals surface area contributed by atoms with Crippen molar-refractivity contribution in [3.63, 3.8) is 0 Å². The fourth-order valence-corrected chi connectivity index (χ4v) is 1.94. The van der Waals surface area contributed by atoms with Gasteiger partial charge in [0.25, 0.3) is 0 Å². The number of hydrogen-bond acceptors (Lipinski definition) is 1. The summed E-state index contributed by atoms with van der Waals surface area (Å²) in [5, 5.41) is 2.43. The van der Waals surface area contributed by atoms with Gasteiger partial charge in [0.1, 0.15) is 0 Å². The Morgan fingerprint density at radius 1 is 1.20 bits per heavy atom. The van der Waals surface area contributed by atoms with Crippen molar-refractivity contribution < 1.29 is 0 Å². The molecule has 0 spiro atoms. The summed E-state index contributed by atoms with van der Waals surface area (Å²) in [7, 11) is 0. The Morgan fingerprint density at radius 3 is 2.73 bits per heavy atom. The van der Waals surface area contributed by atoms with Crippen LogP contribution >= 0.6 is 11.6 Å². The molecule has 2 aromatic rings. The number of hydrogen-bond donors (Lipinski definition) is 0. The topological polar surface area (TPSA) is 12.9 Å². The molecule has 0 N–H and O–H groups in total. The highest BCUT2D eigenvalue weighted by Gasteiger charge is 2.14. The lowest BCUT2D eigenvalue weighted by molar-refractivity contribution is 0.627. The van der Waals surface area contributed by atoms with Crippen LogP contribution < -0.4 is 0 Å². The van der Waals surface area contributed by atoms with Crippen LogP contribution in [0.1, 0.15) is 24.8 Å². The first-order chi connectivity index (χ1) is 7.20. The average molecular weight is 220 g/mol. The SMILES string of the molecule is CC(C)C(Cl)c1cccc2cnccc12. The third-order valence-electron chi connectivity index (χ3n) is 2.60. The number of rotatable bonds is 2. The van der Waals surface area contributed by atoms with Crippen molar-refractivity contribution in [3.05, 3.63) is 42.2 Å². The fourth-order valence-electron chi connectivity index (χ4n) is 1.75. The van der Waals surface area contributed by atoms with Crippen molar-refractivity contribution in [2.75, 3.05) is 0 Å². The Labute approximate surface area is 95.1 Å². The number of halogens is 1. The molecule has 1 nitrogen and oxygen atoms in total. The quantitative estimate of drug-likeness (QED) is 0.691. The minimum Gasteiger partial charge on any atom is -0.264 e. The minimum absolute atomic E-state index is 0.0658. The van der Waals surface area contributed by atoms with Crippen LogP contribution in [-0.2, 0) is 0 Å². The van der Waals surface area contributed by atoms with Crippen LogP contribution in [-0.4, -0.2) is 4.98 Å². The van der Waals surface area contributed by atoms with Gasteiger partial charge in [-0.05, 0) is 22.9 Å². The van der Waals surface area contributed by atoms with E-state index in [0.717, 1.165) is 5.39 Å². The van der Waals surface area contributed by atoms with Gasteiger partial charge in [0.05, 0.1) is 5.38 Å². The number of benzene rings is 1. The van der Waals surface area contributed by atoms with Gasteiger partial charge < -0.3 is 0 Å². The standard InChI is InChI=1S/C13H14ClN/c1-9(2)13(14)12-5-3-4-10-8-15-7-6-11(10)12/h3-9,13H,1-2H3. The highest BCUT2D eigenvalue weighted by Crippen LogP contribution is 2.33. The molecule has 0 aliphatic heterocycles. The van der Waals surface area contributed by atoms with Crippen molar-refractivity contribution in [2.45, 2.75) is 19.2 Å². The van der Waals surface area contributed by atoms with Crippen molar-refractivity contribution >= 4 is 22.4 Å². The minimum atomic E-state index is 0.0658. The Kier molecular flexibility index (Phi) is 2.92. The predicted molar refractivity (Wildman–Crippen MR) is 65.2 cm³/mol. The molecule has 0 saturated heterocycles. The van der Waals surface area contributed by atoms with Crippen LogP contribution in [0.15, 0.2) is 36.7 Å². The molecule has 0 saturated carbocycles. The second kappa shape index (κ2) is 4.19. The normalized spacial score (nSPS) is 13.3. The molecule has 1 unspecified atom stereocenters. The summed E-state index contributed by atoms with van der Waals surface area (Å²) in [6.07, 6.45) is 3.69. The highest BCUT2D eigenvalue weighted by atomic mass is 35.5. The molecule has 0 aliphatic carbocycles. The summed E-state index contributed by atoms with van der Waals surface area (Å²) in [5.74, 6) is 0.436. The zero-order valence-electron chi connectivity index (χ0n) is 8.94. The average Bonchev–Trinajstić information content (AvgIpc) is 2.27. The monoisotopic (exact) mass is 219 g/mol. The predicted octanol–water partition coefficient (Wildman–Crippen LogP) is 4.17. The van der Waals surface area contributed by atoms with Crippen molar-refractivity contribution in [2.24, 2.45) is 5.92 Å². The molecule has 0 aliphatic rings. The van der Waals surface area contributed by atoms with E-state index in [2.05, 4.69) is 31.0 Å². The van der Waals surface area contributed by atoms with E-state index in [9.17, 15) is 0 Å². The molecule has 0 bridgehead atoms. The van der Waals surface area contributed by atoms with E-state index in [1.165, 1.54) is 10.9 Å². The third kappa shape index (κ3) is 1.98. The van der Waals surface area contributed by atoms with Gasteiger partial charge in [-0.25, -0.2) is 0 Å². The summed E-state index contributed by atoms with van der Waals surface area (Å²) in [6, 6.07) is 8.23. The summed E-state index contributed by atoms with van der Waals surface area (Å²) in [5.41, 5.74) is 1.20. The van der Waals surface area contributed by atoms with E-state index in [4.69, 9.17) is 11.6 Å². The van der Waals surface area contributed by atoms with Crippen molar-refractivity contribution in [1.29, 1.82) is 0 Å². The number of pyridine rings is 1. The highest BCUT2D eigenvalue weighted by molar-refractivity contribution is 6.22. The number of aromatic nitrogens is 1. The van der Waals surface area contributed by atoms with Crippen LogP contribution in [0.2, 0.25) is 0 Å². The van der Waals surface area contributed by atoms with Gasteiger partial charge in [-0.2, -0.15) is 0 Å². The summed E-state index contributed by atoms with van der Waals surface area (Å²) < 4.78 is 0. The van der Waals surface area contributed by atoms with Crippen molar-refractivity contribution in [1.82, 2.24) is 4.98 Å². The Balaban J connectivity index is 2.60. The van der Waals surface area contributed by atoms with Crippen molar-refractivity contribution in [3.8, 4) is 0 Å². The molecule has 15 heavy (non-hydrogen) atoms. The Hall–Kier alpha value is -1.08. The van der Waals surface area contributed by atoms with Crippen LogP contribution in [0.4, 0.5) is 0 Å². The fraction of sp³-hybridized carbons (Fsp3) is 0.308. The Bertz CT molecular complexity index is 460. The summed E-state index contributed by atoms with van der Waals surface area (Å²) in [6.45, 7) is 4.27. The molecule has 0 fully saturated rings. The van der Waals surface area contributed by atoms with Gasteiger partial charge in [-0.1, -0.05) is 32.0 Å². The molecule has 2 heteroatoms. The summed E-state index contributed by atoms with van der Waals surface area (Å²) >= 11 is 6.40. The first-order valence-corrected chi connectivity index (χ1v) is 5.60. The van der Waals surface area contributed by atoms with E-state index < -0.39 is 0 Å². The van der Waals surface area contributed by atoms with E-state index in [-0.39, 0.29) is 5.38 Å². The Morgan fingerprint density at radius 2 is 2.00 bits per heavy atom. The first-order valence-electron chi connectivity index (χ1n) is 5.17.